The summed E-state index contributed by atoms with van der Waals surface area (Å²) in [5.74, 6) is 0.311. The normalized spacial score (nSPS) is 13.9. The Kier molecular flexibility index (Phi) is 6.14. The van der Waals surface area contributed by atoms with Crippen LogP contribution < -0.4 is 9.62 Å². The lowest BCUT2D eigenvalue weighted by atomic mass is 10.0. The fourth-order valence-electron chi connectivity index (χ4n) is 3.68. The first-order valence-electron chi connectivity index (χ1n) is 10.5. The number of fused-ring (bicyclic) bond motifs is 1. The molecule has 0 spiro atoms. The van der Waals surface area contributed by atoms with Gasteiger partial charge in [0.1, 0.15) is 11.4 Å². The van der Waals surface area contributed by atoms with Gasteiger partial charge in [-0.2, -0.15) is 0 Å². The number of nitrogens with zero attached hydrogens (tertiary/aromatic N) is 2. The number of carbonyl (C=O) groups is 1. The van der Waals surface area contributed by atoms with Crippen molar-refractivity contribution in [3.8, 4) is 0 Å². The Hall–Kier alpha value is -3.39. The van der Waals surface area contributed by atoms with Crippen LogP contribution in [0.25, 0.3) is 12.2 Å². The van der Waals surface area contributed by atoms with Gasteiger partial charge in [0.05, 0.1) is 10.6 Å². The molecule has 0 saturated heterocycles. The number of nitrogens with one attached hydrogen (secondary N) is 1. The Morgan fingerprint density at radius 2 is 1.91 bits per heavy atom. The Bertz CT molecular complexity index is 1260. The molecule has 0 bridgehead atoms. The van der Waals surface area contributed by atoms with Gasteiger partial charge in [-0.15, -0.1) is 0 Å². The molecule has 3 aromatic rings. The van der Waals surface area contributed by atoms with Crippen molar-refractivity contribution in [1.29, 1.82) is 0 Å². The van der Waals surface area contributed by atoms with Crippen LogP contribution in [0, 0.1) is 6.92 Å². The largest absolute Gasteiger partial charge is 0.354 e. The zero-order valence-corrected chi connectivity index (χ0v) is 18.9. The molecule has 4 rings (SSSR count). The minimum atomic E-state index is -3.65. The Balaban J connectivity index is 1.55. The smallest absolute Gasteiger partial charge is 0.264 e. The van der Waals surface area contributed by atoms with E-state index in [1.807, 2.05) is 24.3 Å². The van der Waals surface area contributed by atoms with E-state index in [1.165, 1.54) is 4.31 Å². The highest BCUT2D eigenvalue weighted by molar-refractivity contribution is 7.92. The molecule has 0 fully saturated rings. The molecule has 2 aromatic carbocycles. The zero-order valence-electron chi connectivity index (χ0n) is 18.0. The Morgan fingerprint density at radius 3 is 2.66 bits per heavy atom. The molecule has 0 aliphatic carbocycles. The van der Waals surface area contributed by atoms with E-state index in [4.69, 9.17) is 4.52 Å². The molecule has 1 N–H and O–H groups in total. The summed E-state index contributed by atoms with van der Waals surface area (Å²) in [7, 11) is -3.65. The van der Waals surface area contributed by atoms with Crippen molar-refractivity contribution < 1.29 is 17.7 Å². The summed E-state index contributed by atoms with van der Waals surface area (Å²) in [4.78, 5) is 12.0. The molecule has 0 saturated carbocycles. The van der Waals surface area contributed by atoms with Crippen molar-refractivity contribution in [3.63, 3.8) is 0 Å². The van der Waals surface area contributed by atoms with Crippen molar-refractivity contribution >= 4 is 39.5 Å². The molecular formula is C24H25N3O4S. The third-order valence-electron chi connectivity index (χ3n) is 5.44. The summed E-state index contributed by atoms with van der Waals surface area (Å²) >= 11 is 0. The van der Waals surface area contributed by atoms with Crippen LogP contribution in [0.4, 0.5) is 11.4 Å². The number of anilines is 2. The second-order valence-electron chi connectivity index (χ2n) is 7.62. The number of sulfonamides is 1. The molecule has 7 nitrogen and oxygen atoms in total. The lowest BCUT2D eigenvalue weighted by Gasteiger charge is -2.30. The van der Waals surface area contributed by atoms with E-state index in [0.29, 0.717) is 30.1 Å². The van der Waals surface area contributed by atoms with E-state index < -0.39 is 10.0 Å². The van der Waals surface area contributed by atoms with Gasteiger partial charge in [-0.25, -0.2) is 8.42 Å². The quantitative estimate of drug-likeness (QED) is 0.589. The summed E-state index contributed by atoms with van der Waals surface area (Å²) in [5.41, 5.74) is 3.73. The number of carbonyl (C=O) groups excluding carboxylic acids is 1. The van der Waals surface area contributed by atoms with E-state index in [0.717, 1.165) is 29.7 Å². The number of amides is 1. The van der Waals surface area contributed by atoms with Crippen molar-refractivity contribution in [3.05, 3.63) is 71.1 Å². The van der Waals surface area contributed by atoms with Crippen LogP contribution in [-0.4, -0.2) is 26.0 Å². The van der Waals surface area contributed by atoms with Crippen LogP contribution in [0.15, 0.2) is 57.9 Å². The predicted octanol–water partition coefficient (Wildman–Crippen LogP) is 4.64. The van der Waals surface area contributed by atoms with Crippen molar-refractivity contribution in [2.75, 3.05) is 16.2 Å². The third kappa shape index (κ3) is 4.31. The highest BCUT2D eigenvalue weighted by Gasteiger charge is 2.28. The number of aromatic nitrogens is 1. The van der Waals surface area contributed by atoms with E-state index in [1.54, 1.807) is 50.3 Å². The summed E-state index contributed by atoms with van der Waals surface area (Å²) in [6, 6.07) is 14.3. The van der Waals surface area contributed by atoms with Crippen LogP contribution in [0.5, 0.6) is 0 Å². The van der Waals surface area contributed by atoms with Gasteiger partial charge in [0.15, 0.2) is 5.76 Å². The second kappa shape index (κ2) is 9.00. The van der Waals surface area contributed by atoms with Gasteiger partial charge in [0, 0.05) is 13.0 Å². The van der Waals surface area contributed by atoms with Crippen LogP contribution in [-0.2, 0) is 21.2 Å². The van der Waals surface area contributed by atoms with Gasteiger partial charge >= 0.3 is 0 Å². The average Bonchev–Trinajstić information content (AvgIpc) is 3.16. The number of benzene rings is 2. The minimum Gasteiger partial charge on any atom is -0.354 e. The summed E-state index contributed by atoms with van der Waals surface area (Å²) in [6.07, 6.45) is 5.52. The van der Waals surface area contributed by atoms with E-state index in [-0.39, 0.29) is 10.8 Å². The zero-order chi connectivity index (χ0) is 22.7. The summed E-state index contributed by atoms with van der Waals surface area (Å²) in [6.45, 7) is 3.99. The van der Waals surface area contributed by atoms with Gasteiger partial charge < -0.3 is 9.84 Å². The standard InChI is InChI=1S/C24H25N3O4S/c1-3-23(28)25-24-17(2)26-31-22(24)15-12-18-10-13-20(14-11-18)32(29,30)27-16-6-8-19-7-4-5-9-21(19)27/h4-5,7,9-15H,3,6,8,16H2,1-2H3,(H,25,28). The fraction of sp³-hybridized carbons (Fsp3) is 0.250. The maximum atomic E-state index is 13.3. The van der Waals surface area contributed by atoms with E-state index >= 15 is 0 Å². The van der Waals surface area contributed by atoms with Crippen LogP contribution in [0.1, 0.15) is 42.3 Å². The average molecular weight is 452 g/mol. The third-order valence-corrected chi connectivity index (χ3v) is 7.26. The van der Waals surface area contributed by atoms with Crippen molar-refractivity contribution in [1.82, 2.24) is 5.16 Å². The molecule has 32 heavy (non-hydrogen) atoms. The van der Waals surface area contributed by atoms with Gasteiger partial charge in [-0.3, -0.25) is 9.10 Å². The van der Waals surface area contributed by atoms with Gasteiger partial charge in [0.2, 0.25) is 5.91 Å². The molecule has 166 valence electrons. The van der Waals surface area contributed by atoms with E-state index in [9.17, 15) is 13.2 Å². The minimum absolute atomic E-state index is 0.125. The molecule has 0 atom stereocenters. The SMILES string of the molecule is CCC(=O)Nc1c(C)noc1C=Cc1ccc(S(=O)(=O)N2CCCc3ccccc32)cc1. The maximum Gasteiger partial charge on any atom is 0.264 e. The molecule has 1 aliphatic rings. The van der Waals surface area contributed by atoms with Crippen LogP contribution in [0.3, 0.4) is 0 Å². The first kappa shape index (κ1) is 21.8. The molecule has 0 radical (unpaired) electrons. The van der Waals surface area contributed by atoms with Gasteiger partial charge in [-0.05, 0) is 55.2 Å². The molecule has 2 heterocycles. The lowest BCUT2D eigenvalue weighted by molar-refractivity contribution is -0.115. The number of hydrogen-bond acceptors (Lipinski definition) is 5. The monoisotopic (exact) mass is 451 g/mol. The first-order valence-corrected chi connectivity index (χ1v) is 12.0. The molecule has 1 aliphatic heterocycles. The van der Waals surface area contributed by atoms with Gasteiger partial charge in [-0.1, -0.05) is 48.5 Å². The second-order valence-corrected chi connectivity index (χ2v) is 9.48. The fourth-order valence-corrected chi connectivity index (χ4v) is 5.22. The number of para-hydroxylation sites is 1. The molecule has 1 amide bonds. The molecule has 1 aromatic heterocycles. The highest BCUT2D eigenvalue weighted by atomic mass is 32.2. The Labute approximate surface area is 187 Å². The number of hydrogen-bond donors (Lipinski definition) is 1. The molecular weight excluding hydrogens is 426 g/mol. The molecule has 8 heteroatoms. The first-order chi connectivity index (χ1) is 15.4. The van der Waals surface area contributed by atoms with Crippen molar-refractivity contribution in [2.45, 2.75) is 38.0 Å². The summed E-state index contributed by atoms with van der Waals surface area (Å²) < 4.78 is 33.3. The maximum absolute atomic E-state index is 13.3. The summed E-state index contributed by atoms with van der Waals surface area (Å²) in [5, 5.41) is 6.69. The predicted molar refractivity (Wildman–Crippen MR) is 125 cm³/mol. The Morgan fingerprint density at radius 1 is 1.16 bits per heavy atom. The van der Waals surface area contributed by atoms with E-state index in [2.05, 4.69) is 10.5 Å². The van der Waals surface area contributed by atoms with Crippen LogP contribution >= 0.6 is 0 Å². The molecule has 0 unspecified atom stereocenters. The van der Waals surface area contributed by atoms with Crippen molar-refractivity contribution in [2.24, 2.45) is 0 Å². The topological polar surface area (TPSA) is 92.5 Å². The number of aryl methyl sites for hydroxylation is 2. The number of rotatable bonds is 6. The van der Waals surface area contributed by atoms with Crippen LogP contribution in [0.2, 0.25) is 0 Å². The van der Waals surface area contributed by atoms with Gasteiger partial charge in [0.25, 0.3) is 10.0 Å². The highest BCUT2D eigenvalue weighted by Crippen LogP contribution is 2.32. The lowest BCUT2D eigenvalue weighted by Crippen LogP contribution is -2.35.